The maximum absolute atomic E-state index is 11.0. The molecule has 0 aromatic heterocycles. The van der Waals surface area contributed by atoms with Gasteiger partial charge in [0.05, 0.1) is 7.11 Å². The number of carbonyl (C=O) groups is 1. The molecular formula is C15H12BrClO3. The number of hydrogen-bond acceptors (Lipinski definition) is 3. The second kappa shape index (κ2) is 6.77. The lowest BCUT2D eigenvalue weighted by Gasteiger charge is -2.07. The van der Waals surface area contributed by atoms with Crippen molar-refractivity contribution in [2.75, 3.05) is 7.11 Å². The third-order valence-corrected chi connectivity index (χ3v) is 3.56. The predicted octanol–water partition coefficient (Wildman–Crippen LogP) is 4.84. The summed E-state index contributed by atoms with van der Waals surface area (Å²) in [5, 5.41) is 0.725. The Morgan fingerprint density at radius 2 is 1.90 bits per heavy atom. The van der Waals surface area contributed by atoms with Crippen molar-refractivity contribution in [3.8, 4) is 5.75 Å². The topological polar surface area (TPSA) is 35.5 Å². The molecule has 0 atom stereocenters. The molecule has 3 nitrogen and oxygen atoms in total. The lowest BCUT2D eigenvalue weighted by Crippen LogP contribution is -2.07. The molecule has 104 valence electrons. The highest BCUT2D eigenvalue weighted by molar-refractivity contribution is 9.10. The summed E-state index contributed by atoms with van der Waals surface area (Å²) in [6.45, 7) is 0. The first-order valence-electron chi connectivity index (χ1n) is 5.87. The van der Waals surface area contributed by atoms with E-state index >= 15 is 0 Å². The van der Waals surface area contributed by atoms with Crippen LogP contribution in [-0.2, 0) is 11.2 Å². The molecule has 0 aliphatic heterocycles. The Balaban J connectivity index is 2.10. The van der Waals surface area contributed by atoms with E-state index in [0.29, 0.717) is 12.2 Å². The summed E-state index contributed by atoms with van der Waals surface area (Å²) in [6, 6.07) is 13.0. The molecular weight excluding hydrogens is 344 g/mol. The Kier molecular flexibility index (Phi) is 5.04. The molecule has 0 saturated heterocycles. The van der Waals surface area contributed by atoms with Crippen LogP contribution >= 0.6 is 27.5 Å². The second-order valence-corrected chi connectivity index (χ2v) is 5.44. The van der Waals surface area contributed by atoms with Crippen molar-refractivity contribution < 1.29 is 14.3 Å². The van der Waals surface area contributed by atoms with Crippen molar-refractivity contribution >= 4 is 33.7 Å². The van der Waals surface area contributed by atoms with Gasteiger partial charge in [-0.15, -0.1) is 0 Å². The summed E-state index contributed by atoms with van der Waals surface area (Å²) in [4.78, 5) is 11.0. The minimum absolute atomic E-state index is 0.445. The van der Waals surface area contributed by atoms with Gasteiger partial charge in [0.1, 0.15) is 5.75 Å². The minimum atomic E-state index is -0.729. The third-order valence-electron chi connectivity index (χ3n) is 2.69. The van der Waals surface area contributed by atoms with Gasteiger partial charge in [-0.05, 0) is 47.9 Å². The first kappa shape index (κ1) is 14.9. The largest absolute Gasteiger partial charge is 0.513 e. The number of hydrogen-bond donors (Lipinski definition) is 0. The van der Waals surface area contributed by atoms with E-state index in [1.165, 1.54) is 7.11 Å². The van der Waals surface area contributed by atoms with Gasteiger partial charge in [-0.3, -0.25) is 0 Å². The maximum Gasteiger partial charge on any atom is 0.513 e. The van der Waals surface area contributed by atoms with Gasteiger partial charge in [0.25, 0.3) is 0 Å². The average Bonchev–Trinajstić information content (AvgIpc) is 2.45. The fraction of sp³-hybridized carbons (Fsp3) is 0.133. The van der Waals surface area contributed by atoms with Gasteiger partial charge in [0, 0.05) is 9.50 Å². The van der Waals surface area contributed by atoms with Gasteiger partial charge < -0.3 is 9.47 Å². The molecule has 0 amide bonds. The SMILES string of the molecule is COC(=O)Oc1ccc(Cc2cc(Br)ccc2Cl)cc1. The Morgan fingerprint density at radius 1 is 1.20 bits per heavy atom. The van der Waals surface area contributed by atoms with Gasteiger partial charge in [-0.1, -0.05) is 39.7 Å². The van der Waals surface area contributed by atoms with Crippen molar-refractivity contribution in [1.82, 2.24) is 0 Å². The molecule has 0 aliphatic rings. The summed E-state index contributed by atoms with van der Waals surface area (Å²) in [7, 11) is 1.27. The Morgan fingerprint density at radius 3 is 2.55 bits per heavy atom. The standard InChI is InChI=1S/C15H12BrClO3/c1-19-15(18)20-13-5-2-10(3-6-13)8-11-9-12(16)4-7-14(11)17/h2-7,9H,8H2,1H3. The van der Waals surface area contributed by atoms with Crippen LogP contribution in [0, 0.1) is 0 Å². The molecule has 2 aromatic rings. The van der Waals surface area contributed by atoms with Crippen LogP contribution in [0.15, 0.2) is 46.9 Å². The van der Waals surface area contributed by atoms with Crippen LogP contribution in [0.3, 0.4) is 0 Å². The van der Waals surface area contributed by atoms with Gasteiger partial charge in [-0.2, -0.15) is 0 Å². The molecule has 0 fully saturated rings. The normalized spacial score (nSPS) is 10.2. The smallest absolute Gasteiger partial charge is 0.437 e. The van der Waals surface area contributed by atoms with Gasteiger partial charge in [-0.25, -0.2) is 4.79 Å². The van der Waals surface area contributed by atoms with Crippen molar-refractivity contribution in [2.24, 2.45) is 0 Å². The number of carbonyl (C=O) groups excluding carboxylic acids is 1. The van der Waals surface area contributed by atoms with Crippen LogP contribution in [0.5, 0.6) is 5.75 Å². The fourth-order valence-corrected chi connectivity index (χ4v) is 2.30. The monoisotopic (exact) mass is 354 g/mol. The maximum atomic E-state index is 11.0. The molecule has 0 N–H and O–H groups in total. The minimum Gasteiger partial charge on any atom is -0.437 e. The van der Waals surface area contributed by atoms with Crippen molar-refractivity contribution in [3.63, 3.8) is 0 Å². The molecule has 0 heterocycles. The van der Waals surface area contributed by atoms with E-state index < -0.39 is 6.16 Å². The highest BCUT2D eigenvalue weighted by Crippen LogP contribution is 2.24. The first-order valence-corrected chi connectivity index (χ1v) is 7.04. The molecule has 2 rings (SSSR count). The zero-order chi connectivity index (χ0) is 14.5. The number of benzene rings is 2. The highest BCUT2D eigenvalue weighted by atomic mass is 79.9. The molecule has 5 heteroatoms. The van der Waals surface area contributed by atoms with Crippen LogP contribution in [-0.4, -0.2) is 13.3 Å². The molecule has 0 aliphatic carbocycles. The average molecular weight is 356 g/mol. The van der Waals surface area contributed by atoms with E-state index in [4.69, 9.17) is 16.3 Å². The molecule has 0 saturated carbocycles. The van der Waals surface area contributed by atoms with E-state index in [9.17, 15) is 4.79 Å². The fourth-order valence-electron chi connectivity index (χ4n) is 1.71. The molecule has 2 aromatic carbocycles. The van der Waals surface area contributed by atoms with Crippen LogP contribution < -0.4 is 4.74 Å². The van der Waals surface area contributed by atoms with Crippen LogP contribution in [0.4, 0.5) is 4.79 Å². The highest BCUT2D eigenvalue weighted by Gasteiger charge is 2.05. The number of methoxy groups -OCH3 is 1. The molecule has 0 radical (unpaired) electrons. The molecule has 0 bridgehead atoms. The summed E-state index contributed by atoms with van der Waals surface area (Å²) in [6.07, 6.45) is -0.0238. The summed E-state index contributed by atoms with van der Waals surface area (Å²) >= 11 is 9.58. The number of halogens is 2. The third kappa shape index (κ3) is 3.99. The second-order valence-electron chi connectivity index (χ2n) is 4.11. The van der Waals surface area contributed by atoms with E-state index in [1.54, 1.807) is 12.1 Å². The number of ether oxygens (including phenoxy) is 2. The summed E-state index contributed by atoms with van der Waals surface area (Å²) in [5.74, 6) is 0.445. The van der Waals surface area contributed by atoms with E-state index in [-0.39, 0.29) is 0 Å². The predicted molar refractivity (Wildman–Crippen MR) is 81.4 cm³/mol. The lowest BCUT2D eigenvalue weighted by atomic mass is 10.1. The molecule has 0 spiro atoms. The quantitative estimate of drug-likeness (QED) is 0.584. The summed E-state index contributed by atoms with van der Waals surface area (Å²) in [5.41, 5.74) is 2.10. The lowest BCUT2D eigenvalue weighted by molar-refractivity contribution is 0.121. The van der Waals surface area contributed by atoms with E-state index in [1.807, 2.05) is 30.3 Å². The van der Waals surface area contributed by atoms with Crippen molar-refractivity contribution in [3.05, 3.63) is 63.1 Å². The van der Waals surface area contributed by atoms with Crippen molar-refractivity contribution in [2.45, 2.75) is 6.42 Å². The van der Waals surface area contributed by atoms with Crippen LogP contribution in [0.1, 0.15) is 11.1 Å². The van der Waals surface area contributed by atoms with E-state index in [2.05, 4.69) is 20.7 Å². The number of rotatable bonds is 3. The van der Waals surface area contributed by atoms with Crippen LogP contribution in [0.25, 0.3) is 0 Å². The molecule has 20 heavy (non-hydrogen) atoms. The van der Waals surface area contributed by atoms with Crippen molar-refractivity contribution in [1.29, 1.82) is 0 Å². The van der Waals surface area contributed by atoms with Gasteiger partial charge >= 0.3 is 6.16 Å². The Bertz CT molecular complexity index is 611. The Hall–Kier alpha value is -1.52. The zero-order valence-electron chi connectivity index (χ0n) is 10.7. The van der Waals surface area contributed by atoms with Gasteiger partial charge in [0.2, 0.25) is 0 Å². The zero-order valence-corrected chi connectivity index (χ0v) is 13.1. The summed E-state index contributed by atoms with van der Waals surface area (Å²) < 4.78 is 10.3. The first-order chi connectivity index (χ1) is 9.58. The van der Waals surface area contributed by atoms with Gasteiger partial charge in [0.15, 0.2) is 0 Å². The molecule has 0 unspecified atom stereocenters. The van der Waals surface area contributed by atoms with Crippen LogP contribution in [0.2, 0.25) is 5.02 Å². The Labute approximate surface area is 130 Å². The van der Waals surface area contributed by atoms with E-state index in [0.717, 1.165) is 20.6 Å².